The van der Waals surface area contributed by atoms with Crippen LogP contribution in [0.4, 0.5) is 10.8 Å². The van der Waals surface area contributed by atoms with Crippen molar-refractivity contribution in [1.82, 2.24) is 10.2 Å². The Morgan fingerprint density at radius 1 is 1.35 bits per heavy atom. The summed E-state index contributed by atoms with van der Waals surface area (Å²) in [6, 6.07) is 5.64. The highest BCUT2D eigenvalue weighted by molar-refractivity contribution is 8.02. The van der Waals surface area contributed by atoms with Crippen LogP contribution in [0.25, 0.3) is 0 Å². The van der Waals surface area contributed by atoms with E-state index in [1.807, 2.05) is 6.92 Å². The molecule has 0 spiro atoms. The normalized spacial score (nSPS) is 12.8. The molecule has 1 aromatic heterocycles. The van der Waals surface area contributed by atoms with Gasteiger partial charge in [-0.1, -0.05) is 30.0 Å². The summed E-state index contributed by atoms with van der Waals surface area (Å²) in [5.74, 6) is -0.213. The smallest absolute Gasteiger partial charge is 0.238 e. The van der Waals surface area contributed by atoms with Gasteiger partial charge >= 0.3 is 0 Å². The summed E-state index contributed by atoms with van der Waals surface area (Å²) in [5, 5.41) is 15.3. The number of nitrogens with zero attached hydrogens (tertiary/aromatic N) is 2. The van der Waals surface area contributed by atoms with Crippen molar-refractivity contribution in [2.45, 2.75) is 27.8 Å². The number of benzene rings is 1. The van der Waals surface area contributed by atoms with Crippen molar-refractivity contribution in [3.8, 4) is 0 Å². The summed E-state index contributed by atoms with van der Waals surface area (Å²) >= 11 is 2.50. The molecule has 1 heterocycles. The number of anilines is 2. The van der Waals surface area contributed by atoms with Crippen LogP contribution in [0.15, 0.2) is 33.5 Å². The van der Waals surface area contributed by atoms with Crippen LogP contribution in [0, 0.1) is 0 Å². The number of rotatable bonds is 6. The molecule has 0 aliphatic heterocycles. The van der Waals surface area contributed by atoms with Gasteiger partial charge in [-0.3, -0.25) is 4.79 Å². The largest absolute Gasteiger partial charge is 0.374 e. The number of nitrogens with two attached hydrogens (primary N) is 2. The molecule has 1 amide bonds. The van der Waals surface area contributed by atoms with Crippen LogP contribution in [0.5, 0.6) is 0 Å². The molecule has 8 nitrogen and oxygen atoms in total. The minimum absolute atomic E-state index is 0.0127. The van der Waals surface area contributed by atoms with Gasteiger partial charge in [0.2, 0.25) is 21.1 Å². The highest BCUT2D eigenvalue weighted by atomic mass is 32.2. The van der Waals surface area contributed by atoms with E-state index < -0.39 is 10.0 Å². The van der Waals surface area contributed by atoms with E-state index in [-0.39, 0.29) is 16.1 Å². The number of hydrogen-bond donors (Lipinski definition) is 3. The van der Waals surface area contributed by atoms with Crippen molar-refractivity contribution in [2.24, 2.45) is 5.14 Å². The van der Waals surface area contributed by atoms with E-state index in [0.29, 0.717) is 21.6 Å². The van der Waals surface area contributed by atoms with Gasteiger partial charge in [0.25, 0.3) is 0 Å². The van der Waals surface area contributed by atoms with Crippen molar-refractivity contribution in [3.63, 3.8) is 0 Å². The first-order chi connectivity index (χ1) is 10.8. The van der Waals surface area contributed by atoms with Crippen molar-refractivity contribution >= 4 is 49.8 Å². The minimum atomic E-state index is -3.75. The highest BCUT2D eigenvalue weighted by Crippen LogP contribution is 2.29. The van der Waals surface area contributed by atoms with E-state index in [1.165, 1.54) is 47.4 Å². The quantitative estimate of drug-likeness (QED) is 0.647. The van der Waals surface area contributed by atoms with Gasteiger partial charge in [-0.05, 0) is 30.7 Å². The number of nitrogens with one attached hydrogen (secondary N) is 1. The second-order valence-corrected chi connectivity index (χ2v) is 8.50. The van der Waals surface area contributed by atoms with Gasteiger partial charge in [0.05, 0.1) is 10.1 Å². The summed E-state index contributed by atoms with van der Waals surface area (Å²) in [6.45, 7) is 1.88. The topological polar surface area (TPSA) is 141 Å². The number of thioether (sulfide) groups is 1. The zero-order valence-electron chi connectivity index (χ0n) is 12.1. The first kappa shape index (κ1) is 17.7. The first-order valence-corrected chi connectivity index (χ1v) is 9.73. The molecule has 0 aliphatic rings. The Morgan fingerprint density at radius 3 is 2.48 bits per heavy atom. The molecule has 5 N–H and O–H groups in total. The van der Waals surface area contributed by atoms with E-state index >= 15 is 0 Å². The lowest BCUT2D eigenvalue weighted by molar-refractivity contribution is -0.115. The van der Waals surface area contributed by atoms with Crippen LogP contribution in [0.2, 0.25) is 0 Å². The maximum atomic E-state index is 12.3. The molecule has 0 aliphatic carbocycles. The van der Waals surface area contributed by atoms with Crippen LogP contribution in [0.1, 0.15) is 13.3 Å². The lowest BCUT2D eigenvalue weighted by Crippen LogP contribution is -2.24. The Bertz CT molecular complexity index is 789. The van der Waals surface area contributed by atoms with Crippen molar-refractivity contribution < 1.29 is 13.2 Å². The van der Waals surface area contributed by atoms with E-state index in [0.717, 1.165) is 0 Å². The van der Waals surface area contributed by atoms with Crippen LogP contribution in [0.3, 0.4) is 0 Å². The minimum Gasteiger partial charge on any atom is -0.374 e. The third-order valence-corrected chi connectivity index (χ3v) is 5.91. The number of aromatic nitrogens is 2. The number of nitrogen functional groups attached to an aromatic ring is 1. The first-order valence-electron chi connectivity index (χ1n) is 6.49. The van der Waals surface area contributed by atoms with Crippen LogP contribution in [-0.4, -0.2) is 29.8 Å². The molecule has 0 fully saturated rings. The maximum Gasteiger partial charge on any atom is 0.238 e. The van der Waals surface area contributed by atoms with Gasteiger partial charge in [0.1, 0.15) is 0 Å². The molecule has 0 saturated heterocycles. The third-order valence-electron chi connectivity index (χ3n) is 2.78. The lowest BCUT2D eigenvalue weighted by Gasteiger charge is -2.13. The molecule has 0 unspecified atom stereocenters. The Hall–Kier alpha value is -1.69. The Morgan fingerprint density at radius 2 is 2.00 bits per heavy atom. The van der Waals surface area contributed by atoms with Crippen LogP contribution < -0.4 is 16.2 Å². The molecular weight excluding hydrogens is 358 g/mol. The molecule has 1 aromatic carbocycles. The number of hydrogen-bond acceptors (Lipinski definition) is 8. The molecule has 2 rings (SSSR count). The van der Waals surface area contributed by atoms with Gasteiger partial charge in [0, 0.05) is 5.69 Å². The van der Waals surface area contributed by atoms with Gasteiger partial charge in [-0.15, -0.1) is 10.2 Å². The van der Waals surface area contributed by atoms with Gasteiger partial charge < -0.3 is 11.1 Å². The number of carbonyl (C=O) groups excluding carboxylic acids is 1. The van der Waals surface area contributed by atoms with E-state index in [9.17, 15) is 13.2 Å². The SMILES string of the molecule is CC[C@H](Sc1nnc(N)s1)C(=O)Nc1ccc(S(N)(=O)=O)cc1. The molecular formula is C12H15N5O3S3. The molecule has 0 saturated carbocycles. The average molecular weight is 373 g/mol. The summed E-state index contributed by atoms with van der Waals surface area (Å²) in [6.07, 6.45) is 0.589. The molecule has 2 aromatic rings. The van der Waals surface area contributed by atoms with Gasteiger partial charge in [0.15, 0.2) is 4.34 Å². The predicted molar refractivity (Wildman–Crippen MR) is 90.7 cm³/mol. The molecule has 1 atom stereocenters. The fourth-order valence-electron chi connectivity index (χ4n) is 1.66. The summed E-state index contributed by atoms with van der Waals surface area (Å²) < 4.78 is 23.0. The number of sulfonamides is 1. The molecule has 0 bridgehead atoms. The second kappa shape index (κ2) is 7.25. The second-order valence-electron chi connectivity index (χ2n) is 4.48. The summed E-state index contributed by atoms with van der Waals surface area (Å²) in [7, 11) is -3.75. The molecule has 0 radical (unpaired) electrons. The zero-order valence-corrected chi connectivity index (χ0v) is 14.5. The Kier molecular flexibility index (Phi) is 5.57. The Labute approximate surface area is 141 Å². The van der Waals surface area contributed by atoms with Crippen LogP contribution in [-0.2, 0) is 14.8 Å². The average Bonchev–Trinajstić information content (AvgIpc) is 2.89. The van der Waals surface area contributed by atoms with E-state index in [4.69, 9.17) is 10.9 Å². The molecule has 11 heteroatoms. The molecule has 124 valence electrons. The van der Waals surface area contributed by atoms with Crippen molar-refractivity contribution in [1.29, 1.82) is 0 Å². The number of primary sulfonamides is 1. The predicted octanol–water partition coefficient (Wildman–Crippen LogP) is 1.28. The fourth-order valence-corrected chi connectivity index (χ4v) is 3.98. The van der Waals surface area contributed by atoms with Crippen LogP contribution >= 0.6 is 23.1 Å². The maximum absolute atomic E-state index is 12.3. The lowest BCUT2D eigenvalue weighted by atomic mass is 10.3. The van der Waals surface area contributed by atoms with E-state index in [2.05, 4.69) is 15.5 Å². The number of carbonyl (C=O) groups is 1. The summed E-state index contributed by atoms with van der Waals surface area (Å²) in [4.78, 5) is 12.3. The third kappa shape index (κ3) is 4.89. The number of amides is 1. The Balaban J connectivity index is 2.04. The van der Waals surface area contributed by atoms with Crippen molar-refractivity contribution in [2.75, 3.05) is 11.1 Å². The highest BCUT2D eigenvalue weighted by Gasteiger charge is 2.20. The summed E-state index contributed by atoms with van der Waals surface area (Å²) in [5.41, 5.74) is 6.00. The van der Waals surface area contributed by atoms with Gasteiger partial charge in [-0.2, -0.15) is 0 Å². The monoisotopic (exact) mass is 373 g/mol. The van der Waals surface area contributed by atoms with Gasteiger partial charge in [-0.25, -0.2) is 13.6 Å². The standard InChI is InChI=1S/C12H15N5O3S3/c1-2-9(21-12-17-16-11(13)22-12)10(18)15-7-3-5-8(6-4-7)23(14,19)20/h3-6,9H,2H2,1H3,(H2,13,16)(H,15,18)(H2,14,19,20)/t9-/m0/s1. The molecule has 23 heavy (non-hydrogen) atoms. The van der Waals surface area contributed by atoms with Crippen molar-refractivity contribution in [3.05, 3.63) is 24.3 Å². The fraction of sp³-hybridized carbons (Fsp3) is 0.250. The van der Waals surface area contributed by atoms with E-state index in [1.54, 1.807) is 0 Å². The zero-order chi connectivity index (χ0) is 17.0.